The van der Waals surface area contributed by atoms with E-state index in [1.54, 1.807) is 12.1 Å². The Hall–Kier alpha value is -1.51. The molecule has 0 spiro atoms. The second-order valence-electron chi connectivity index (χ2n) is 3.23. The van der Waals surface area contributed by atoms with Gasteiger partial charge in [0.05, 0.1) is 0 Å². The van der Waals surface area contributed by atoms with E-state index in [-0.39, 0.29) is 11.7 Å². The highest BCUT2D eigenvalue weighted by molar-refractivity contribution is 5.77. The smallest absolute Gasteiger partial charge is 0.220 e. The third-order valence-electron chi connectivity index (χ3n) is 2.29. The van der Waals surface area contributed by atoms with Crippen LogP contribution in [0.4, 0.5) is 0 Å². The van der Waals surface area contributed by atoms with Crippen LogP contribution in [0.5, 0.6) is 5.75 Å². The highest BCUT2D eigenvalue weighted by atomic mass is 16.3. The van der Waals surface area contributed by atoms with Crippen LogP contribution in [0.3, 0.4) is 0 Å². The molecule has 1 aromatic rings. The zero-order chi connectivity index (χ0) is 9.26. The molecular formula is C10H11NO2. The first-order valence-electron chi connectivity index (χ1n) is 4.33. The van der Waals surface area contributed by atoms with Crippen molar-refractivity contribution in [2.45, 2.75) is 19.4 Å². The fourth-order valence-electron chi connectivity index (χ4n) is 1.55. The van der Waals surface area contributed by atoms with E-state index in [2.05, 4.69) is 5.32 Å². The zero-order valence-electron chi connectivity index (χ0n) is 7.21. The molecule has 2 rings (SSSR count). The van der Waals surface area contributed by atoms with Gasteiger partial charge in [0.25, 0.3) is 0 Å². The highest BCUT2D eigenvalue weighted by Crippen LogP contribution is 2.19. The number of hydrogen-bond acceptors (Lipinski definition) is 2. The third kappa shape index (κ3) is 1.64. The molecule has 3 nitrogen and oxygen atoms in total. The van der Waals surface area contributed by atoms with E-state index in [0.717, 1.165) is 17.5 Å². The Morgan fingerprint density at radius 3 is 2.92 bits per heavy atom. The summed E-state index contributed by atoms with van der Waals surface area (Å²) in [7, 11) is 0. The van der Waals surface area contributed by atoms with Crippen LogP contribution in [0.15, 0.2) is 18.2 Å². The minimum Gasteiger partial charge on any atom is -0.508 e. The summed E-state index contributed by atoms with van der Waals surface area (Å²) in [4.78, 5) is 11.1. The van der Waals surface area contributed by atoms with Gasteiger partial charge in [-0.25, -0.2) is 0 Å². The minimum absolute atomic E-state index is 0.0793. The summed E-state index contributed by atoms with van der Waals surface area (Å²) in [6.45, 7) is 0.578. The molecule has 1 aliphatic rings. The van der Waals surface area contributed by atoms with Crippen molar-refractivity contribution >= 4 is 5.91 Å². The Balaban J connectivity index is 2.35. The number of carbonyl (C=O) groups is 1. The van der Waals surface area contributed by atoms with Gasteiger partial charge in [0.15, 0.2) is 0 Å². The van der Waals surface area contributed by atoms with Crippen molar-refractivity contribution in [1.82, 2.24) is 5.32 Å². The van der Waals surface area contributed by atoms with Gasteiger partial charge >= 0.3 is 0 Å². The largest absolute Gasteiger partial charge is 0.508 e. The molecule has 1 aliphatic heterocycles. The van der Waals surface area contributed by atoms with Crippen LogP contribution < -0.4 is 5.32 Å². The number of fused-ring (bicyclic) bond motifs is 1. The Morgan fingerprint density at radius 1 is 1.23 bits per heavy atom. The van der Waals surface area contributed by atoms with Crippen molar-refractivity contribution in [2.24, 2.45) is 0 Å². The highest BCUT2D eigenvalue weighted by Gasteiger charge is 2.11. The minimum atomic E-state index is 0.0793. The van der Waals surface area contributed by atoms with Gasteiger partial charge in [0.1, 0.15) is 5.75 Å². The summed E-state index contributed by atoms with van der Waals surface area (Å²) < 4.78 is 0. The van der Waals surface area contributed by atoms with Crippen molar-refractivity contribution in [3.05, 3.63) is 29.3 Å². The Kier molecular flexibility index (Phi) is 1.93. The second-order valence-corrected chi connectivity index (χ2v) is 3.23. The molecule has 1 aromatic carbocycles. The summed E-state index contributed by atoms with van der Waals surface area (Å²) in [5.74, 6) is 0.351. The fourth-order valence-corrected chi connectivity index (χ4v) is 1.55. The van der Waals surface area contributed by atoms with Crippen LogP contribution in [0.1, 0.15) is 17.5 Å². The van der Waals surface area contributed by atoms with Crippen molar-refractivity contribution in [3.8, 4) is 5.75 Å². The lowest BCUT2D eigenvalue weighted by Gasteiger charge is -2.04. The van der Waals surface area contributed by atoms with Gasteiger partial charge in [-0.05, 0) is 29.7 Å². The fraction of sp³-hybridized carbons (Fsp3) is 0.300. The van der Waals surface area contributed by atoms with Crippen molar-refractivity contribution in [3.63, 3.8) is 0 Å². The molecule has 0 saturated carbocycles. The molecular weight excluding hydrogens is 166 g/mol. The molecule has 0 unspecified atom stereocenters. The predicted octanol–water partition coefficient (Wildman–Crippen LogP) is 0.955. The first kappa shape index (κ1) is 8.10. The summed E-state index contributed by atoms with van der Waals surface area (Å²) in [6.07, 6.45) is 1.23. The molecule has 0 aliphatic carbocycles. The molecule has 68 valence electrons. The van der Waals surface area contributed by atoms with Gasteiger partial charge in [-0.3, -0.25) is 4.79 Å². The van der Waals surface area contributed by atoms with E-state index >= 15 is 0 Å². The van der Waals surface area contributed by atoms with E-state index in [4.69, 9.17) is 0 Å². The standard InChI is InChI=1S/C10H11NO2/c12-9-3-1-8-6-11-10(13)4-2-7(8)5-9/h1,3,5,12H,2,4,6H2,(H,11,13). The molecule has 1 heterocycles. The lowest BCUT2D eigenvalue weighted by Crippen LogP contribution is -2.20. The van der Waals surface area contributed by atoms with Crippen LogP contribution in [0.2, 0.25) is 0 Å². The van der Waals surface area contributed by atoms with E-state index in [1.165, 1.54) is 0 Å². The maximum Gasteiger partial charge on any atom is 0.220 e. The number of carbonyl (C=O) groups excluding carboxylic acids is 1. The first-order chi connectivity index (χ1) is 6.25. The van der Waals surface area contributed by atoms with E-state index in [0.29, 0.717) is 13.0 Å². The maximum absolute atomic E-state index is 11.1. The number of hydrogen-bond donors (Lipinski definition) is 2. The number of aromatic hydroxyl groups is 1. The molecule has 13 heavy (non-hydrogen) atoms. The number of benzene rings is 1. The normalized spacial score (nSPS) is 15.8. The molecule has 2 N–H and O–H groups in total. The Morgan fingerprint density at radius 2 is 2.08 bits per heavy atom. The summed E-state index contributed by atoms with van der Waals surface area (Å²) >= 11 is 0. The third-order valence-corrected chi connectivity index (χ3v) is 2.29. The number of amides is 1. The summed E-state index contributed by atoms with van der Waals surface area (Å²) in [5.41, 5.74) is 2.17. The molecule has 0 fully saturated rings. The average molecular weight is 177 g/mol. The van der Waals surface area contributed by atoms with Gasteiger partial charge in [-0.15, -0.1) is 0 Å². The first-order valence-corrected chi connectivity index (χ1v) is 4.33. The van der Waals surface area contributed by atoms with Crippen molar-refractivity contribution in [1.29, 1.82) is 0 Å². The molecule has 0 bridgehead atoms. The Bertz CT molecular complexity index is 347. The van der Waals surface area contributed by atoms with Gasteiger partial charge in [-0.2, -0.15) is 0 Å². The lowest BCUT2D eigenvalue weighted by molar-refractivity contribution is -0.121. The van der Waals surface area contributed by atoms with E-state index < -0.39 is 0 Å². The van der Waals surface area contributed by atoms with Crippen LogP contribution in [-0.4, -0.2) is 11.0 Å². The van der Waals surface area contributed by atoms with Gasteiger partial charge < -0.3 is 10.4 Å². The van der Waals surface area contributed by atoms with Gasteiger partial charge in [0, 0.05) is 13.0 Å². The lowest BCUT2D eigenvalue weighted by atomic mass is 10.0. The van der Waals surface area contributed by atoms with Crippen LogP contribution >= 0.6 is 0 Å². The molecule has 0 atom stereocenters. The number of phenolic OH excluding ortho intramolecular Hbond substituents is 1. The number of aryl methyl sites for hydroxylation is 1. The number of phenols is 1. The maximum atomic E-state index is 11.1. The topological polar surface area (TPSA) is 49.3 Å². The van der Waals surface area contributed by atoms with Crippen LogP contribution in [0.25, 0.3) is 0 Å². The number of nitrogens with one attached hydrogen (secondary N) is 1. The van der Waals surface area contributed by atoms with Crippen molar-refractivity contribution < 1.29 is 9.90 Å². The van der Waals surface area contributed by atoms with Crippen molar-refractivity contribution in [2.75, 3.05) is 0 Å². The molecule has 3 heteroatoms. The molecule has 0 aromatic heterocycles. The quantitative estimate of drug-likeness (QED) is 0.620. The van der Waals surface area contributed by atoms with E-state index in [9.17, 15) is 9.90 Å². The van der Waals surface area contributed by atoms with Crippen LogP contribution in [-0.2, 0) is 17.8 Å². The van der Waals surface area contributed by atoms with Gasteiger partial charge in [-0.1, -0.05) is 6.07 Å². The summed E-state index contributed by atoms with van der Waals surface area (Å²) in [6, 6.07) is 5.24. The second kappa shape index (κ2) is 3.09. The molecule has 0 radical (unpaired) electrons. The SMILES string of the molecule is O=C1CCc2cc(O)ccc2CN1. The zero-order valence-corrected chi connectivity index (χ0v) is 7.21. The average Bonchev–Trinajstić information content (AvgIpc) is 2.29. The van der Waals surface area contributed by atoms with E-state index in [1.807, 2.05) is 6.07 Å². The molecule has 1 amide bonds. The number of rotatable bonds is 0. The van der Waals surface area contributed by atoms with Crippen LogP contribution in [0, 0.1) is 0 Å². The summed E-state index contributed by atoms with van der Waals surface area (Å²) in [5, 5.41) is 12.0. The molecule has 0 saturated heterocycles. The monoisotopic (exact) mass is 177 g/mol. The van der Waals surface area contributed by atoms with Gasteiger partial charge in [0.2, 0.25) is 5.91 Å². The Labute approximate surface area is 76.4 Å². The predicted molar refractivity (Wildman–Crippen MR) is 48.3 cm³/mol.